The highest BCUT2D eigenvalue weighted by Gasteiger charge is 2.12. The second kappa shape index (κ2) is 10.7. The molecule has 1 heterocycles. The molecule has 0 aliphatic carbocycles. The van der Waals surface area contributed by atoms with E-state index >= 15 is 0 Å². The second-order valence-electron chi connectivity index (χ2n) is 6.16. The Balaban J connectivity index is 1.74. The van der Waals surface area contributed by atoms with Gasteiger partial charge in [0.15, 0.2) is 0 Å². The number of nitrogens with one attached hydrogen (secondary N) is 4. The summed E-state index contributed by atoms with van der Waals surface area (Å²) in [5, 5.41) is 11.9. The Hall–Kier alpha value is -2.12. The van der Waals surface area contributed by atoms with Gasteiger partial charge in [-0.15, -0.1) is 0 Å². The highest BCUT2D eigenvalue weighted by atomic mass is 16.5. The molecule has 0 bridgehead atoms. The summed E-state index contributed by atoms with van der Waals surface area (Å²) in [5.41, 5.74) is 1.20. The summed E-state index contributed by atoms with van der Waals surface area (Å²) in [5.74, 6) is -0.160. The quantitative estimate of drug-likeness (QED) is 0.565. The summed E-state index contributed by atoms with van der Waals surface area (Å²) < 4.78 is 4.89. The summed E-state index contributed by atoms with van der Waals surface area (Å²) in [6, 6.07) is 6.91. The predicted molar refractivity (Wildman–Crippen MR) is 97.9 cm³/mol. The number of benzene rings is 1. The Kier molecular flexibility index (Phi) is 8.21. The van der Waals surface area contributed by atoms with Crippen molar-refractivity contribution in [1.82, 2.24) is 16.0 Å². The Morgan fingerprint density at radius 3 is 2.72 bits per heavy atom. The number of hydrogen-bond donors (Lipinski definition) is 4. The summed E-state index contributed by atoms with van der Waals surface area (Å²) in [4.78, 5) is 23.9. The smallest absolute Gasteiger partial charge is 0.319 e. The maximum absolute atomic E-state index is 12.0. The lowest BCUT2D eigenvalue weighted by Gasteiger charge is -2.16. The zero-order chi connectivity index (χ0) is 17.9. The Labute approximate surface area is 148 Å². The average molecular weight is 348 g/mol. The molecule has 1 aromatic rings. The van der Waals surface area contributed by atoms with Crippen molar-refractivity contribution in [3.8, 4) is 0 Å². The van der Waals surface area contributed by atoms with E-state index < -0.39 is 0 Å². The van der Waals surface area contributed by atoms with Gasteiger partial charge in [0, 0.05) is 37.5 Å². The van der Waals surface area contributed by atoms with Crippen LogP contribution in [0.4, 0.5) is 10.5 Å². The number of hydrogen-bond acceptors (Lipinski definition) is 4. The SMILES string of the molecule is COCCNC(=O)c1ccc(NC(=O)NCC2CCCCCN2)cc1. The monoisotopic (exact) mass is 348 g/mol. The van der Waals surface area contributed by atoms with Crippen molar-refractivity contribution in [2.24, 2.45) is 0 Å². The molecule has 4 N–H and O–H groups in total. The maximum atomic E-state index is 12.0. The summed E-state index contributed by atoms with van der Waals surface area (Å²) in [6.07, 6.45) is 4.75. The molecule has 7 nitrogen and oxygen atoms in total. The normalized spacial score (nSPS) is 17.4. The van der Waals surface area contributed by atoms with Gasteiger partial charge in [-0.05, 0) is 43.7 Å². The van der Waals surface area contributed by atoms with Crippen LogP contribution in [0.15, 0.2) is 24.3 Å². The molecule has 25 heavy (non-hydrogen) atoms. The van der Waals surface area contributed by atoms with Crippen LogP contribution in [0.25, 0.3) is 0 Å². The van der Waals surface area contributed by atoms with Crippen molar-refractivity contribution in [3.05, 3.63) is 29.8 Å². The van der Waals surface area contributed by atoms with E-state index in [1.54, 1.807) is 31.4 Å². The summed E-state index contributed by atoms with van der Waals surface area (Å²) >= 11 is 0. The van der Waals surface area contributed by atoms with Crippen molar-refractivity contribution in [2.45, 2.75) is 31.7 Å². The third kappa shape index (κ3) is 7.11. The number of carbonyl (C=O) groups excluding carboxylic acids is 2. The van der Waals surface area contributed by atoms with Crippen LogP contribution in [0.1, 0.15) is 36.0 Å². The third-order valence-electron chi connectivity index (χ3n) is 4.17. The molecule has 138 valence electrons. The molecule has 0 saturated carbocycles. The molecular weight excluding hydrogens is 320 g/mol. The van der Waals surface area contributed by atoms with E-state index in [1.807, 2.05) is 0 Å². The molecule has 1 atom stereocenters. The lowest BCUT2D eigenvalue weighted by atomic mass is 10.1. The van der Waals surface area contributed by atoms with E-state index in [9.17, 15) is 9.59 Å². The molecule has 1 saturated heterocycles. The highest BCUT2D eigenvalue weighted by Crippen LogP contribution is 2.10. The largest absolute Gasteiger partial charge is 0.383 e. The first-order valence-corrected chi connectivity index (χ1v) is 8.84. The van der Waals surface area contributed by atoms with Gasteiger partial charge in [0.25, 0.3) is 5.91 Å². The van der Waals surface area contributed by atoms with Crippen LogP contribution in [0.5, 0.6) is 0 Å². The van der Waals surface area contributed by atoms with Crippen molar-refractivity contribution < 1.29 is 14.3 Å². The van der Waals surface area contributed by atoms with Crippen LogP contribution in [0, 0.1) is 0 Å². The fourth-order valence-electron chi connectivity index (χ4n) is 2.74. The zero-order valence-electron chi connectivity index (χ0n) is 14.8. The van der Waals surface area contributed by atoms with Gasteiger partial charge in [0.05, 0.1) is 6.61 Å². The van der Waals surface area contributed by atoms with E-state index in [0.717, 1.165) is 13.0 Å². The lowest BCUT2D eigenvalue weighted by molar-refractivity contribution is 0.0937. The lowest BCUT2D eigenvalue weighted by Crippen LogP contribution is -2.41. The van der Waals surface area contributed by atoms with E-state index in [2.05, 4.69) is 21.3 Å². The molecule has 1 fully saturated rings. The average Bonchev–Trinajstić information content (AvgIpc) is 2.89. The molecular formula is C18H28N4O3. The first-order chi connectivity index (χ1) is 12.2. The molecule has 2 rings (SSSR count). The zero-order valence-corrected chi connectivity index (χ0v) is 14.8. The number of carbonyl (C=O) groups is 2. The van der Waals surface area contributed by atoms with Crippen LogP contribution in [-0.4, -0.2) is 51.3 Å². The van der Waals surface area contributed by atoms with E-state index in [-0.39, 0.29) is 11.9 Å². The van der Waals surface area contributed by atoms with E-state index in [0.29, 0.717) is 37.0 Å². The van der Waals surface area contributed by atoms with Crippen molar-refractivity contribution >= 4 is 17.6 Å². The van der Waals surface area contributed by atoms with Gasteiger partial charge >= 0.3 is 6.03 Å². The van der Waals surface area contributed by atoms with Crippen molar-refractivity contribution in [3.63, 3.8) is 0 Å². The first-order valence-electron chi connectivity index (χ1n) is 8.84. The highest BCUT2D eigenvalue weighted by molar-refractivity contribution is 5.95. The number of rotatable bonds is 7. The molecule has 1 aliphatic heterocycles. The molecule has 1 aromatic carbocycles. The molecule has 3 amide bonds. The molecule has 0 radical (unpaired) electrons. The molecule has 0 spiro atoms. The van der Waals surface area contributed by atoms with Gasteiger partial charge in [-0.3, -0.25) is 4.79 Å². The number of amides is 3. The van der Waals surface area contributed by atoms with Crippen molar-refractivity contribution in [2.75, 3.05) is 38.7 Å². The number of ether oxygens (including phenoxy) is 1. The number of methoxy groups -OCH3 is 1. The first kappa shape index (κ1) is 19.2. The third-order valence-corrected chi connectivity index (χ3v) is 4.17. The molecule has 0 aromatic heterocycles. The minimum atomic E-state index is -0.233. The van der Waals surface area contributed by atoms with Crippen LogP contribution in [0.2, 0.25) is 0 Å². The van der Waals surface area contributed by atoms with Gasteiger partial charge in [-0.1, -0.05) is 12.8 Å². The topological polar surface area (TPSA) is 91.5 Å². The van der Waals surface area contributed by atoms with E-state index in [4.69, 9.17) is 4.74 Å². The van der Waals surface area contributed by atoms with Crippen LogP contribution >= 0.6 is 0 Å². The standard InChI is InChI=1S/C18H28N4O3/c1-25-12-11-20-17(23)14-6-8-15(9-7-14)22-18(24)21-13-16-5-3-2-4-10-19-16/h6-9,16,19H,2-5,10-13H2,1H3,(H,20,23)(H2,21,22,24). The second-order valence-corrected chi connectivity index (χ2v) is 6.16. The number of urea groups is 1. The van der Waals surface area contributed by atoms with Crippen LogP contribution < -0.4 is 21.3 Å². The van der Waals surface area contributed by atoms with Gasteiger partial charge in [-0.2, -0.15) is 0 Å². The molecule has 7 heteroatoms. The van der Waals surface area contributed by atoms with Crippen LogP contribution in [-0.2, 0) is 4.74 Å². The van der Waals surface area contributed by atoms with Gasteiger partial charge < -0.3 is 26.0 Å². The minimum absolute atomic E-state index is 0.160. The Morgan fingerprint density at radius 2 is 1.96 bits per heavy atom. The summed E-state index contributed by atoms with van der Waals surface area (Å²) in [6.45, 7) is 2.57. The van der Waals surface area contributed by atoms with Crippen molar-refractivity contribution in [1.29, 1.82) is 0 Å². The van der Waals surface area contributed by atoms with E-state index in [1.165, 1.54) is 19.3 Å². The molecule has 1 aliphatic rings. The van der Waals surface area contributed by atoms with Gasteiger partial charge in [0.2, 0.25) is 0 Å². The van der Waals surface area contributed by atoms with Gasteiger partial charge in [0.1, 0.15) is 0 Å². The van der Waals surface area contributed by atoms with Crippen LogP contribution in [0.3, 0.4) is 0 Å². The minimum Gasteiger partial charge on any atom is -0.383 e. The summed E-state index contributed by atoms with van der Waals surface area (Å²) in [7, 11) is 1.59. The fraction of sp³-hybridized carbons (Fsp3) is 0.556. The Bertz CT molecular complexity index is 540. The Morgan fingerprint density at radius 1 is 1.16 bits per heavy atom. The van der Waals surface area contributed by atoms with Gasteiger partial charge in [-0.25, -0.2) is 4.79 Å². The molecule has 1 unspecified atom stereocenters. The maximum Gasteiger partial charge on any atom is 0.319 e. The number of anilines is 1. The predicted octanol–water partition coefficient (Wildman–Crippen LogP) is 1.72. The fourth-order valence-corrected chi connectivity index (χ4v) is 2.74.